The van der Waals surface area contributed by atoms with Crippen LogP contribution in [0.5, 0.6) is 23.0 Å². The number of rotatable bonds is 4. The molecule has 0 aromatic heterocycles. The Kier molecular flexibility index (Phi) is 4.62. The van der Waals surface area contributed by atoms with E-state index in [1.54, 1.807) is 18.2 Å². The molecule has 0 aliphatic rings. The van der Waals surface area contributed by atoms with Crippen LogP contribution in [0.2, 0.25) is 0 Å². The van der Waals surface area contributed by atoms with Gasteiger partial charge in [0.2, 0.25) is 17.4 Å². The molecule has 0 saturated heterocycles. The molecule has 0 aliphatic heterocycles. The molecule has 0 amide bonds. The molecule has 26 heavy (non-hydrogen) atoms. The van der Waals surface area contributed by atoms with E-state index in [0.29, 0.717) is 11.4 Å². The van der Waals surface area contributed by atoms with Gasteiger partial charge in [-0.2, -0.15) is 8.78 Å². The van der Waals surface area contributed by atoms with Gasteiger partial charge in [0.25, 0.3) is 0 Å². The smallest absolute Gasteiger partial charge is 0.211 e. The van der Waals surface area contributed by atoms with Gasteiger partial charge in [-0.15, -0.1) is 0 Å². The quantitative estimate of drug-likeness (QED) is 0.498. The summed E-state index contributed by atoms with van der Waals surface area (Å²) in [5, 5.41) is 0. The van der Waals surface area contributed by atoms with E-state index in [0.717, 1.165) is 0 Å². The summed E-state index contributed by atoms with van der Waals surface area (Å²) in [5.41, 5.74) is 11.6. The molecule has 4 nitrogen and oxygen atoms in total. The number of halogens is 3. The predicted octanol–water partition coefficient (Wildman–Crippen LogP) is 5.16. The molecule has 0 radical (unpaired) electrons. The number of hydrogen-bond donors (Lipinski definition) is 2. The highest BCUT2D eigenvalue weighted by Crippen LogP contribution is 2.40. The summed E-state index contributed by atoms with van der Waals surface area (Å²) in [6.07, 6.45) is 0. The van der Waals surface area contributed by atoms with Crippen LogP contribution in [0.15, 0.2) is 48.5 Å². The molecule has 0 fully saturated rings. The van der Waals surface area contributed by atoms with Crippen molar-refractivity contribution in [2.45, 2.75) is 6.92 Å². The summed E-state index contributed by atoms with van der Waals surface area (Å²) in [6, 6.07) is 12.0. The SMILES string of the molecule is Cc1c(F)c(F)c(Oc2cccc(N)c2)c(F)c1Oc1cccc(N)c1. The average Bonchev–Trinajstić information content (AvgIpc) is 2.61. The lowest BCUT2D eigenvalue weighted by Gasteiger charge is -2.15. The van der Waals surface area contributed by atoms with E-state index in [4.69, 9.17) is 20.9 Å². The lowest BCUT2D eigenvalue weighted by molar-refractivity contribution is 0.358. The fourth-order valence-corrected chi connectivity index (χ4v) is 2.33. The molecule has 3 rings (SSSR count). The summed E-state index contributed by atoms with van der Waals surface area (Å²) in [7, 11) is 0. The van der Waals surface area contributed by atoms with E-state index < -0.39 is 29.0 Å². The maximum absolute atomic E-state index is 14.8. The van der Waals surface area contributed by atoms with Gasteiger partial charge in [-0.1, -0.05) is 12.1 Å². The third-order valence-corrected chi connectivity index (χ3v) is 3.62. The lowest BCUT2D eigenvalue weighted by atomic mass is 10.1. The Labute approximate surface area is 147 Å². The van der Waals surface area contributed by atoms with Crippen LogP contribution in [0.1, 0.15) is 5.56 Å². The zero-order chi connectivity index (χ0) is 18.8. The Morgan fingerprint density at radius 2 is 1.19 bits per heavy atom. The standard InChI is InChI=1S/C19H15F3N2O2/c1-10-15(20)16(21)19(26-14-7-3-5-12(24)9-14)17(22)18(10)25-13-6-2-4-11(23)8-13/h2-9H,23-24H2,1H3. The van der Waals surface area contributed by atoms with Gasteiger partial charge in [0.05, 0.1) is 0 Å². The highest BCUT2D eigenvalue weighted by molar-refractivity contribution is 5.51. The van der Waals surface area contributed by atoms with Gasteiger partial charge < -0.3 is 20.9 Å². The first-order valence-electron chi connectivity index (χ1n) is 7.60. The van der Waals surface area contributed by atoms with Crippen molar-refractivity contribution in [3.8, 4) is 23.0 Å². The van der Waals surface area contributed by atoms with Gasteiger partial charge in [0.1, 0.15) is 11.5 Å². The van der Waals surface area contributed by atoms with Crippen molar-refractivity contribution >= 4 is 11.4 Å². The van der Waals surface area contributed by atoms with Crippen molar-refractivity contribution < 1.29 is 22.6 Å². The molecule has 0 heterocycles. The maximum atomic E-state index is 14.8. The molecule has 0 bridgehead atoms. The zero-order valence-corrected chi connectivity index (χ0v) is 13.7. The first-order chi connectivity index (χ1) is 12.4. The highest BCUT2D eigenvalue weighted by atomic mass is 19.2. The van der Waals surface area contributed by atoms with Crippen molar-refractivity contribution in [1.29, 1.82) is 0 Å². The van der Waals surface area contributed by atoms with Crippen LogP contribution in [0, 0.1) is 24.4 Å². The molecule has 3 aromatic rings. The Hall–Kier alpha value is -3.35. The van der Waals surface area contributed by atoms with Gasteiger partial charge in [-0.25, -0.2) is 4.39 Å². The number of ether oxygens (including phenoxy) is 2. The molecule has 0 atom stereocenters. The van der Waals surface area contributed by atoms with E-state index in [1.807, 2.05) is 0 Å². The predicted molar refractivity (Wildman–Crippen MR) is 92.9 cm³/mol. The van der Waals surface area contributed by atoms with E-state index in [-0.39, 0.29) is 17.1 Å². The van der Waals surface area contributed by atoms with Crippen molar-refractivity contribution in [2.75, 3.05) is 11.5 Å². The summed E-state index contributed by atoms with van der Waals surface area (Å²) in [4.78, 5) is 0. The van der Waals surface area contributed by atoms with Crippen LogP contribution in [0.3, 0.4) is 0 Å². The summed E-state index contributed by atoms with van der Waals surface area (Å²) >= 11 is 0. The summed E-state index contributed by atoms with van der Waals surface area (Å²) in [6.45, 7) is 1.20. The molecular formula is C19H15F3N2O2. The molecule has 4 N–H and O–H groups in total. The highest BCUT2D eigenvalue weighted by Gasteiger charge is 2.26. The van der Waals surface area contributed by atoms with Crippen molar-refractivity contribution in [2.24, 2.45) is 0 Å². The average molecular weight is 360 g/mol. The van der Waals surface area contributed by atoms with Crippen molar-refractivity contribution in [3.63, 3.8) is 0 Å². The lowest BCUT2D eigenvalue weighted by Crippen LogP contribution is -2.03. The minimum absolute atomic E-state index is 0.0564. The minimum Gasteiger partial charge on any atom is -0.454 e. The molecule has 0 spiro atoms. The number of hydrogen-bond acceptors (Lipinski definition) is 4. The van der Waals surface area contributed by atoms with E-state index in [9.17, 15) is 13.2 Å². The van der Waals surface area contributed by atoms with Gasteiger partial charge >= 0.3 is 0 Å². The summed E-state index contributed by atoms with van der Waals surface area (Å²) < 4.78 is 53.9. The Balaban J connectivity index is 2.06. The summed E-state index contributed by atoms with van der Waals surface area (Å²) in [5.74, 6) is -5.09. The van der Waals surface area contributed by atoms with Crippen LogP contribution in [0.25, 0.3) is 0 Å². The molecule has 0 unspecified atom stereocenters. The maximum Gasteiger partial charge on any atom is 0.211 e. The zero-order valence-electron chi connectivity index (χ0n) is 13.7. The molecule has 0 aliphatic carbocycles. The van der Waals surface area contributed by atoms with Crippen molar-refractivity contribution in [1.82, 2.24) is 0 Å². The second-order valence-electron chi connectivity index (χ2n) is 5.57. The Morgan fingerprint density at radius 1 is 0.692 bits per heavy atom. The third kappa shape index (κ3) is 3.37. The topological polar surface area (TPSA) is 70.5 Å². The third-order valence-electron chi connectivity index (χ3n) is 3.62. The van der Waals surface area contributed by atoms with E-state index >= 15 is 0 Å². The molecule has 7 heteroatoms. The monoisotopic (exact) mass is 360 g/mol. The Morgan fingerprint density at radius 3 is 1.69 bits per heavy atom. The number of benzene rings is 3. The molecule has 134 valence electrons. The fourth-order valence-electron chi connectivity index (χ4n) is 2.33. The van der Waals surface area contributed by atoms with Crippen LogP contribution >= 0.6 is 0 Å². The van der Waals surface area contributed by atoms with Crippen LogP contribution in [0.4, 0.5) is 24.5 Å². The number of nitrogen functional groups attached to an aromatic ring is 2. The normalized spacial score (nSPS) is 10.6. The minimum atomic E-state index is -1.46. The van der Waals surface area contributed by atoms with Crippen molar-refractivity contribution in [3.05, 3.63) is 71.5 Å². The largest absolute Gasteiger partial charge is 0.454 e. The van der Waals surface area contributed by atoms with Gasteiger partial charge in [-0.05, 0) is 31.2 Å². The van der Waals surface area contributed by atoms with E-state index in [2.05, 4.69) is 0 Å². The van der Waals surface area contributed by atoms with Crippen LogP contribution in [-0.4, -0.2) is 0 Å². The second-order valence-corrected chi connectivity index (χ2v) is 5.57. The molecular weight excluding hydrogens is 345 g/mol. The number of nitrogens with two attached hydrogens (primary N) is 2. The number of anilines is 2. The van der Waals surface area contributed by atoms with Gasteiger partial charge in [-0.3, -0.25) is 0 Å². The van der Waals surface area contributed by atoms with Gasteiger partial charge in [0, 0.05) is 29.1 Å². The van der Waals surface area contributed by atoms with E-state index in [1.165, 1.54) is 37.3 Å². The first-order valence-corrected chi connectivity index (χ1v) is 7.60. The Bertz CT molecular complexity index is 902. The van der Waals surface area contributed by atoms with Crippen LogP contribution in [-0.2, 0) is 0 Å². The second kappa shape index (κ2) is 6.87. The fraction of sp³-hybridized carbons (Fsp3) is 0.0526. The molecule has 0 saturated carbocycles. The van der Waals surface area contributed by atoms with Crippen LogP contribution < -0.4 is 20.9 Å². The molecule has 3 aromatic carbocycles. The first kappa shape index (κ1) is 17.5. The van der Waals surface area contributed by atoms with Gasteiger partial charge in [0.15, 0.2) is 11.6 Å².